The van der Waals surface area contributed by atoms with Crippen LogP contribution in [0.1, 0.15) is 62.8 Å². The Kier molecular flexibility index (Phi) is 9.54. The van der Waals surface area contributed by atoms with Crippen LogP contribution in [0.25, 0.3) is 26.9 Å². The topological polar surface area (TPSA) is 148 Å². The lowest BCUT2D eigenvalue weighted by Crippen LogP contribution is -2.32. The minimum absolute atomic E-state index is 0.0637. The molecule has 0 spiro atoms. The maximum absolute atomic E-state index is 13.5. The fraction of sp³-hybridized carbons (Fsp3) is 0.256. The van der Waals surface area contributed by atoms with Crippen LogP contribution in [-0.2, 0) is 25.8 Å². The van der Waals surface area contributed by atoms with Crippen molar-refractivity contribution in [3.63, 3.8) is 0 Å². The second kappa shape index (κ2) is 14.7. The highest BCUT2D eigenvalue weighted by atomic mass is 32.1. The number of para-hydroxylation sites is 1. The van der Waals surface area contributed by atoms with Gasteiger partial charge in [0.15, 0.2) is 21.6 Å². The first-order valence-electron chi connectivity index (χ1n) is 17.5. The van der Waals surface area contributed by atoms with E-state index < -0.39 is 5.97 Å². The van der Waals surface area contributed by atoms with E-state index in [1.807, 2.05) is 72.9 Å². The molecule has 0 saturated carbocycles. The summed E-state index contributed by atoms with van der Waals surface area (Å²) >= 11 is 2.83. The van der Waals surface area contributed by atoms with Crippen molar-refractivity contribution >= 4 is 66.1 Å². The summed E-state index contributed by atoms with van der Waals surface area (Å²) in [5.74, 6) is -0.0937. The summed E-state index contributed by atoms with van der Waals surface area (Å²) < 4.78 is 8.85. The van der Waals surface area contributed by atoms with Crippen LogP contribution in [0.3, 0.4) is 0 Å². The second-order valence-corrected chi connectivity index (χ2v) is 15.4. The molecule has 0 bridgehead atoms. The predicted octanol–water partition coefficient (Wildman–Crippen LogP) is 7.61. The van der Waals surface area contributed by atoms with Crippen LogP contribution >= 0.6 is 22.7 Å². The number of rotatable bonds is 12. The van der Waals surface area contributed by atoms with Crippen molar-refractivity contribution in [3.8, 4) is 11.4 Å². The lowest BCUT2D eigenvalue weighted by atomic mass is 9.94. The molecule has 1 amide bonds. The number of aromatic nitrogens is 6. The minimum Gasteiger partial charge on any atom is -0.494 e. The highest BCUT2D eigenvalue weighted by molar-refractivity contribution is 7.22. The molecule has 1 aliphatic heterocycles. The van der Waals surface area contributed by atoms with Gasteiger partial charge >= 0.3 is 5.97 Å². The van der Waals surface area contributed by atoms with E-state index in [1.54, 1.807) is 11.0 Å². The van der Waals surface area contributed by atoms with E-state index in [0.29, 0.717) is 71.3 Å². The molecular weight excluding hydrogens is 709 g/mol. The molecule has 1 aliphatic rings. The fourth-order valence-corrected chi connectivity index (χ4v) is 8.57. The number of thiazole rings is 2. The van der Waals surface area contributed by atoms with E-state index in [0.717, 1.165) is 50.2 Å². The number of carbonyl (C=O) groups excluding carboxylic acids is 1. The van der Waals surface area contributed by atoms with Crippen molar-refractivity contribution in [2.75, 3.05) is 23.4 Å². The van der Waals surface area contributed by atoms with Gasteiger partial charge in [0.1, 0.15) is 12.1 Å². The number of amides is 1. The molecular formula is C39H36N8O4S2. The number of carboxylic acid groups (broad SMARTS) is 1. The molecule has 3 aromatic carbocycles. The van der Waals surface area contributed by atoms with Gasteiger partial charge in [-0.25, -0.2) is 29.4 Å². The summed E-state index contributed by atoms with van der Waals surface area (Å²) in [5, 5.41) is 19.7. The lowest BCUT2D eigenvalue weighted by Gasteiger charge is -2.29. The number of fused-ring (bicyclic) bond motifs is 3. The largest absolute Gasteiger partial charge is 0.494 e. The summed E-state index contributed by atoms with van der Waals surface area (Å²) in [6.45, 7) is 5.85. The van der Waals surface area contributed by atoms with Gasteiger partial charge in [0.2, 0.25) is 0 Å². The number of aromatic carboxylic acids is 1. The van der Waals surface area contributed by atoms with Crippen molar-refractivity contribution in [2.24, 2.45) is 5.92 Å². The number of hydrogen-bond acceptors (Lipinski definition) is 11. The van der Waals surface area contributed by atoms with Crippen LogP contribution in [0.5, 0.6) is 5.75 Å². The quantitative estimate of drug-likeness (QED) is 0.120. The Labute approximate surface area is 313 Å². The number of ether oxygens (including phenoxy) is 1. The normalized spacial score (nSPS) is 12.8. The molecule has 12 nitrogen and oxygen atoms in total. The number of carboxylic acids is 1. The van der Waals surface area contributed by atoms with Crippen molar-refractivity contribution < 1.29 is 19.4 Å². The van der Waals surface area contributed by atoms with Gasteiger partial charge in [-0.2, -0.15) is 5.10 Å². The van der Waals surface area contributed by atoms with E-state index >= 15 is 0 Å². The molecule has 5 heterocycles. The van der Waals surface area contributed by atoms with Crippen molar-refractivity contribution in [1.29, 1.82) is 0 Å². The van der Waals surface area contributed by atoms with Gasteiger partial charge in [0, 0.05) is 23.5 Å². The first-order valence-corrected chi connectivity index (χ1v) is 19.1. The number of benzene rings is 3. The Morgan fingerprint density at radius 1 is 1.00 bits per heavy atom. The number of nitrogens with one attached hydrogen (secondary N) is 1. The third-order valence-corrected chi connectivity index (χ3v) is 11.3. The van der Waals surface area contributed by atoms with Gasteiger partial charge in [0.25, 0.3) is 5.91 Å². The fourth-order valence-electron chi connectivity index (χ4n) is 6.60. The zero-order valence-corrected chi connectivity index (χ0v) is 30.8. The Bertz CT molecular complexity index is 2420. The summed E-state index contributed by atoms with van der Waals surface area (Å²) in [6.07, 6.45) is 6.10. The number of aryl methyl sites for hydroxylation is 1. The van der Waals surface area contributed by atoms with Crippen molar-refractivity contribution in [2.45, 2.75) is 46.1 Å². The van der Waals surface area contributed by atoms with Crippen LogP contribution in [0, 0.1) is 5.92 Å². The van der Waals surface area contributed by atoms with E-state index in [-0.39, 0.29) is 11.6 Å². The molecule has 4 aromatic heterocycles. The van der Waals surface area contributed by atoms with E-state index in [9.17, 15) is 14.7 Å². The zero-order valence-electron chi connectivity index (χ0n) is 29.2. The number of nitrogens with zero attached hydrogens (tertiary/aromatic N) is 7. The third kappa shape index (κ3) is 7.19. The molecule has 0 radical (unpaired) electrons. The van der Waals surface area contributed by atoms with Crippen LogP contribution in [-0.4, -0.2) is 59.9 Å². The van der Waals surface area contributed by atoms with E-state index in [1.165, 1.54) is 22.7 Å². The monoisotopic (exact) mass is 744 g/mol. The van der Waals surface area contributed by atoms with Gasteiger partial charge in [-0.1, -0.05) is 49.4 Å². The van der Waals surface area contributed by atoms with Crippen LogP contribution in [0.2, 0.25) is 0 Å². The number of hydrogen-bond donors (Lipinski definition) is 2. The smallest absolute Gasteiger partial charge is 0.355 e. The molecule has 53 heavy (non-hydrogen) atoms. The Hall–Kier alpha value is -5.73. The summed E-state index contributed by atoms with van der Waals surface area (Å²) in [7, 11) is 0. The first kappa shape index (κ1) is 34.4. The lowest BCUT2D eigenvalue weighted by molar-refractivity contribution is 0.0690. The molecule has 268 valence electrons. The Morgan fingerprint density at radius 3 is 2.66 bits per heavy atom. The molecule has 0 saturated heterocycles. The van der Waals surface area contributed by atoms with Gasteiger partial charge in [-0.15, -0.1) is 11.3 Å². The van der Waals surface area contributed by atoms with Crippen LogP contribution < -0.4 is 15.0 Å². The predicted molar refractivity (Wildman–Crippen MR) is 207 cm³/mol. The first-order chi connectivity index (χ1) is 25.8. The Morgan fingerprint density at radius 2 is 1.85 bits per heavy atom. The standard InChI is InChI=1S/C39H36N8O4S2/c1-23(2)19-31-28-20-42-47(35(28)41-22-40-31)25-12-14-26(15-13-25)51-18-6-11-33-34(37(49)50)44-39(53-33)46-17-16-24-7-5-8-27(29(24)21-46)36(48)45-38-43-30-9-3-4-10-32(30)52-38/h3-5,7-10,12-15,20,22-23H,6,11,16-19,21H2,1-2H3,(H,49,50)(H,43,45,48). The van der Waals surface area contributed by atoms with Crippen LogP contribution in [0.15, 0.2) is 79.3 Å². The van der Waals surface area contributed by atoms with E-state index in [2.05, 4.69) is 49.1 Å². The van der Waals surface area contributed by atoms with Crippen molar-refractivity contribution in [3.05, 3.63) is 112 Å². The maximum atomic E-state index is 13.5. The Balaban J connectivity index is 0.906. The van der Waals surface area contributed by atoms with Gasteiger partial charge in [0.05, 0.1) is 39.8 Å². The summed E-state index contributed by atoms with van der Waals surface area (Å²) in [6, 6.07) is 21.2. The van der Waals surface area contributed by atoms with Gasteiger partial charge in [-0.3, -0.25) is 10.1 Å². The third-order valence-electron chi connectivity index (χ3n) is 9.14. The molecule has 8 rings (SSSR count). The van der Waals surface area contributed by atoms with Gasteiger partial charge in [-0.05, 0) is 85.2 Å². The minimum atomic E-state index is -1.06. The van der Waals surface area contributed by atoms with Crippen molar-refractivity contribution in [1.82, 2.24) is 29.7 Å². The number of anilines is 2. The molecule has 14 heteroatoms. The SMILES string of the molecule is CC(C)Cc1ncnc2c1cnn2-c1ccc(OCCCc2sc(N3CCc4cccc(C(=O)Nc5nc6ccccc6s5)c4C3)nc2C(=O)O)cc1. The van der Waals surface area contributed by atoms with Crippen LogP contribution in [0.4, 0.5) is 10.3 Å². The highest BCUT2D eigenvalue weighted by Crippen LogP contribution is 2.33. The maximum Gasteiger partial charge on any atom is 0.355 e. The molecule has 7 aromatic rings. The van der Waals surface area contributed by atoms with E-state index in [4.69, 9.17) is 4.74 Å². The average molecular weight is 745 g/mol. The average Bonchev–Trinajstić information content (AvgIpc) is 3.90. The number of carbonyl (C=O) groups is 2. The molecule has 0 aliphatic carbocycles. The molecule has 2 N–H and O–H groups in total. The van der Waals surface area contributed by atoms with Gasteiger partial charge < -0.3 is 14.7 Å². The highest BCUT2D eigenvalue weighted by Gasteiger charge is 2.27. The molecule has 0 unspecified atom stereocenters. The zero-order chi connectivity index (χ0) is 36.5. The summed E-state index contributed by atoms with van der Waals surface area (Å²) in [4.78, 5) is 46.6. The second-order valence-electron chi connectivity index (χ2n) is 13.3. The molecule has 0 atom stereocenters. The summed E-state index contributed by atoms with van der Waals surface area (Å²) in [5.41, 5.74) is 6.12. The molecule has 0 fully saturated rings.